The SMILES string of the molecule is CN(CC1(O)CCOCC1)C(=O)c1c(F)cc(Br)cc1F. The molecule has 21 heavy (non-hydrogen) atoms. The molecule has 7 heteroatoms. The van der Waals surface area contributed by atoms with Gasteiger partial charge in [-0.3, -0.25) is 4.79 Å². The number of halogens is 3. The Morgan fingerprint density at radius 2 is 1.90 bits per heavy atom. The number of hydrogen-bond donors (Lipinski definition) is 1. The topological polar surface area (TPSA) is 49.8 Å². The van der Waals surface area contributed by atoms with Crippen molar-refractivity contribution in [2.75, 3.05) is 26.8 Å². The molecule has 1 aliphatic heterocycles. The highest BCUT2D eigenvalue weighted by molar-refractivity contribution is 9.10. The highest BCUT2D eigenvalue weighted by Crippen LogP contribution is 2.24. The van der Waals surface area contributed by atoms with E-state index in [0.29, 0.717) is 26.1 Å². The van der Waals surface area contributed by atoms with E-state index in [1.165, 1.54) is 7.05 Å². The molecule has 0 unspecified atom stereocenters. The highest BCUT2D eigenvalue weighted by atomic mass is 79.9. The Labute approximate surface area is 129 Å². The van der Waals surface area contributed by atoms with Gasteiger partial charge >= 0.3 is 0 Å². The monoisotopic (exact) mass is 363 g/mol. The third-order valence-electron chi connectivity index (χ3n) is 3.52. The molecule has 0 aliphatic carbocycles. The molecule has 1 fully saturated rings. The van der Waals surface area contributed by atoms with Crippen LogP contribution in [0, 0.1) is 11.6 Å². The number of amides is 1. The lowest BCUT2D eigenvalue weighted by atomic mass is 9.93. The van der Waals surface area contributed by atoms with E-state index in [4.69, 9.17) is 4.74 Å². The van der Waals surface area contributed by atoms with Crippen LogP contribution in [-0.2, 0) is 4.74 Å². The number of aliphatic hydroxyl groups is 1. The number of likely N-dealkylation sites (N-methyl/N-ethyl adjacent to an activating group) is 1. The van der Waals surface area contributed by atoms with E-state index in [1.54, 1.807) is 0 Å². The molecule has 1 heterocycles. The molecule has 1 N–H and O–H groups in total. The Morgan fingerprint density at radius 1 is 1.38 bits per heavy atom. The predicted octanol–water partition coefficient (Wildman–Crippen LogP) is 2.34. The zero-order valence-corrected chi connectivity index (χ0v) is 13.1. The van der Waals surface area contributed by atoms with Crippen LogP contribution in [-0.4, -0.2) is 48.3 Å². The summed E-state index contributed by atoms with van der Waals surface area (Å²) in [6, 6.07) is 2.07. The van der Waals surface area contributed by atoms with Crippen LogP contribution >= 0.6 is 15.9 Å². The van der Waals surface area contributed by atoms with Crippen molar-refractivity contribution in [3.05, 3.63) is 33.8 Å². The first-order valence-corrected chi connectivity index (χ1v) is 7.32. The standard InChI is InChI=1S/C14H16BrF2NO3/c1-18(8-14(20)2-4-21-5-3-14)13(19)12-10(16)6-9(15)7-11(12)17/h6-7,20H,2-5,8H2,1H3. The van der Waals surface area contributed by atoms with Crippen LogP contribution in [0.2, 0.25) is 0 Å². The minimum atomic E-state index is -1.08. The molecular weight excluding hydrogens is 348 g/mol. The maximum atomic E-state index is 13.8. The van der Waals surface area contributed by atoms with Crippen LogP contribution in [0.5, 0.6) is 0 Å². The van der Waals surface area contributed by atoms with E-state index in [2.05, 4.69) is 15.9 Å². The maximum Gasteiger partial charge on any atom is 0.259 e. The summed E-state index contributed by atoms with van der Waals surface area (Å²) >= 11 is 2.96. The summed E-state index contributed by atoms with van der Waals surface area (Å²) in [7, 11) is 1.41. The fourth-order valence-corrected chi connectivity index (χ4v) is 2.76. The van der Waals surface area contributed by atoms with Crippen molar-refractivity contribution in [3.8, 4) is 0 Å². The summed E-state index contributed by atoms with van der Waals surface area (Å²) in [6.45, 7) is 0.809. The Bertz CT molecular complexity index is 524. The van der Waals surface area contributed by atoms with E-state index >= 15 is 0 Å². The van der Waals surface area contributed by atoms with Gasteiger partial charge < -0.3 is 14.7 Å². The van der Waals surface area contributed by atoms with Gasteiger partial charge in [0.2, 0.25) is 0 Å². The fourth-order valence-electron chi connectivity index (χ4n) is 2.36. The molecule has 1 amide bonds. The second kappa shape index (κ2) is 6.37. The molecule has 0 spiro atoms. The molecule has 1 aliphatic rings. The Kier molecular flexibility index (Phi) is 4.95. The first-order chi connectivity index (χ1) is 9.82. The number of benzene rings is 1. The van der Waals surface area contributed by atoms with Gasteiger partial charge in [0.15, 0.2) is 0 Å². The highest BCUT2D eigenvalue weighted by Gasteiger charge is 2.33. The molecule has 0 saturated carbocycles. The van der Waals surface area contributed by atoms with Crippen LogP contribution in [0.4, 0.5) is 8.78 Å². The third-order valence-corrected chi connectivity index (χ3v) is 3.98. The van der Waals surface area contributed by atoms with Gasteiger partial charge in [-0.25, -0.2) is 8.78 Å². The third kappa shape index (κ3) is 3.78. The molecule has 1 aromatic carbocycles. The molecule has 116 valence electrons. The van der Waals surface area contributed by atoms with Crippen LogP contribution < -0.4 is 0 Å². The van der Waals surface area contributed by atoms with Gasteiger partial charge in [-0.1, -0.05) is 15.9 Å². The number of nitrogens with zero attached hydrogens (tertiary/aromatic N) is 1. The van der Waals surface area contributed by atoms with Crippen molar-refractivity contribution in [1.82, 2.24) is 4.90 Å². The number of ether oxygens (including phenoxy) is 1. The Hall–Kier alpha value is -1.05. The van der Waals surface area contributed by atoms with Gasteiger partial charge in [-0.15, -0.1) is 0 Å². The number of carbonyl (C=O) groups is 1. The summed E-state index contributed by atoms with van der Waals surface area (Å²) in [4.78, 5) is 13.3. The zero-order valence-electron chi connectivity index (χ0n) is 11.5. The lowest BCUT2D eigenvalue weighted by molar-refractivity contribution is -0.0735. The van der Waals surface area contributed by atoms with Gasteiger partial charge in [0.1, 0.15) is 17.2 Å². The van der Waals surface area contributed by atoms with Crippen molar-refractivity contribution in [2.45, 2.75) is 18.4 Å². The molecule has 0 bridgehead atoms. The van der Waals surface area contributed by atoms with Crippen LogP contribution in [0.15, 0.2) is 16.6 Å². The average Bonchev–Trinajstić information content (AvgIpc) is 2.37. The van der Waals surface area contributed by atoms with Crippen molar-refractivity contribution in [3.63, 3.8) is 0 Å². The van der Waals surface area contributed by atoms with Crippen molar-refractivity contribution >= 4 is 21.8 Å². The summed E-state index contributed by atoms with van der Waals surface area (Å²) in [6.07, 6.45) is 0.770. The lowest BCUT2D eigenvalue weighted by Gasteiger charge is -2.35. The molecule has 2 rings (SSSR count). The summed E-state index contributed by atoms with van der Waals surface area (Å²) in [5.41, 5.74) is -1.69. The second-order valence-corrected chi connectivity index (χ2v) is 6.16. The minimum Gasteiger partial charge on any atom is -0.388 e. The second-order valence-electron chi connectivity index (χ2n) is 5.24. The van der Waals surface area contributed by atoms with Gasteiger partial charge in [-0.05, 0) is 12.1 Å². The van der Waals surface area contributed by atoms with Crippen LogP contribution in [0.3, 0.4) is 0 Å². The van der Waals surface area contributed by atoms with Gasteiger partial charge in [0.05, 0.1) is 5.60 Å². The number of rotatable bonds is 3. The molecule has 4 nitrogen and oxygen atoms in total. The predicted molar refractivity (Wildman–Crippen MR) is 76.0 cm³/mol. The lowest BCUT2D eigenvalue weighted by Crippen LogP contribution is -2.47. The van der Waals surface area contributed by atoms with Gasteiger partial charge in [0, 0.05) is 44.1 Å². The number of carbonyl (C=O) groups excluding carboxylic acids is 1. The molecule has 1 saturated heterocycles. The number of hydrogen-bond acceptors (Lipinski definition) is 3. The van der Waals surface area contributed by atoms with E-state index in [9.17, 15) is 18.7 Å². The summed E-state index contributed by atoms with van der Waals surface area (Å²) in [5.74, 6) is -2.66. The van der Waals surface area contributed by atoms with Crippen molar-refractivity contribution < 1.29 is 23.4 Å². The van der Waals surface area contributed by atoms with Gasteiger partial charge in [0.25, 0.3) is 5.91 Å². The molecule has 0 radical (unpaired) electrons. The molecule has 0 atom stereocenters. The smallest absolute Gasteiger partial charge is 0.259 e. The van der Waals surface area contributed by atoms with Crippen molar-refractivity contribution in [2.24, 2.45) is 0 Å². The van der Waals surface area contributed by atoms with Crippen LogP contribution in [0.1, 0.15) is 23.2 Å². The largest absolute Gasteiger partial charge is 0.388 e. The Morgan fingerprint density at radius 3 is 2.43 bits per heavy atom. The van der Waals surface area contributed by atoms with Crippen LogP contribution in [0.25, 0.3) is 0 Å². The van der Waals surface area contributed by atoms with E-state index in [1.807, 2.05) is 0 Å². The van der Waals surface area contributed by atoms with E-state index < -0.39 is 28.7 Å². The van der Waals surface area contributed by atoms with E-state index in [0.717, 1.165) is 17.0 Å². The first-order valence-electron chi connectivity index (χ1n) is 6.52. The molecular formula is C14H16BrF2NO3. The quantitative estimate of drug-likeness (QED) is 0.896. The normalized spacial score (nSPS) is 17.6. The van der Waals surface area contributed by atoms with Gasteiger partial charge in [-0.2, -0.15) is 0 Å². The first kappa shape index (κ1) is 16.3. The van der Waals surface area contributed by atoms with E-state index in [-0.39, 0.29) is 11.0 Å². The zero-order chi connectivity index (χ0) is 15.6. The maximum absolute atomic E-state index is 13.8. The summed E-state index contributed by atoms with van der Waals surface area (Å²) in [5, 5.41) is 10.4. The summed E-state index contributed by atoms with van der Waals surface area (Å²) < 4.78 is 33.0. The minimum absolute atomic E-state index is 0.00410. The fraction of sp³-hybridized carbons (Fsp3) is 0.500. The molecule has 1 aromatic rings. The van der Waals surface area contributed by atoms with Crippen molar-refractivity contribution in [1.29, 1.82) is 0 Å². The average molecular weight is 364 g/mol. The Balaban J connectivity index is 2.16. The molecule has 0 aromatic heterocycles.